The van der Waals surface area contributed by atoms with Crippen molar-refractivity contribution < 1.29 is 14.3 Å². The van der Waals surface area contributed by atoms with E-state index in [1.807, 2.05) is 49.4 Å². The monoisotopic (exact) mass is 411 g/mol. The lowest BCUT2D eigenvalue weighted by Gasteiger charge is -2.07. The van der Waals surface area contributed by atoms with Crippen molar-refractivity contribution in [2.24, 2.45) is 0 Å². The number of ether oxygens (including phenoxy) is 2. The number of halogens is 1. The van der Waals surface area contributed by atoms with Crippen LogP contribution in [0.2, 0.25) is 0 Å². The number of aryl methyl sites for hydroxylation is 2. The molecule has 5 heteroatoms. The summed E-state index contributed by atoms with van der Waals surface area (Å²) in [5, 5.41) is 0. The molecule has 1 heterocycles. The number of carbonyl (C=O) groups excluding carboxylic acids is 1. The van der Waals surface area contributed by atoms with Crippen LogP contribution in [0.25, 0.3) is 0 Å². The van der Waals surface area contributed by atoms with Gasteiger partial charge in [-0.2, -0.15) is 0 Å². The summed E-state index contributed by atoms with van der Waals surface area (Å²) < 4.78 is 11.6. The summed E-state index contributed by atoms with van der Waals surface area (Å²) in [5.41, 5.74) is 2.02. The SMILES string of the molecule is Cc1cccc(CCCOC(=O)COc2ccc(I)cc2)n1. The Morgan fingerprint density at radius 1 is 1.18 bits per heavy atom. The van der Waals surface area contributed by atoms with Gasteiger partial charge in [0.1, 0.15) is 5.75 Å². The minimum Gasteiger partial charge on any atom is -0.482 e. The molecule has 0 unspecified atom stereocenters. The quantitative estimate of drug-likeness (QED) is 0.397. The number of pyridine rings is 1. The van der Waals surface area contributed by atoms with Crippen molar-refractivity contribution in [3.8, 4) is 5.75 Å². The van der Waals surface area contributed by atoms with Crippen LogP contribution in [-0.2, 0) is 16.0 Å². The van der Waals surface area contributed by atoms with E-state index in [2.05, 4.69) is 27.6 Å². The molecule has 1 aromatic heterocycles. The third-order valence-electron chi connectivity index (χ3n) is 2.96. The van der Waals surface area contributed by atoms with Crippen molar-refractivity contribution in [2.75, 3.05) is 13.2 Å². The lowest BCUT2D eigenvalue weighted by atomic mass is 10.2. The summed E-state index contributed by atoms with van der Waals surface area (Å²) in [4.78, 5) is 16.0. The fraction of sp³-hybridized carbons (Fsp3) is 0.294. The number of benzene rings is 1. The average Bonchev–Trinajstić information content (AvgIpc) is 2.51. The molecule has 0 aliphatic carbocycles. The molecule has 0 N–H and O–H groups in total. The van der Waals surface area contributed by atoms with Gasteiger partial charge in [-0.15, -0.1) is 0 Å². The van der Waals surface area contributed by atoms with Crippen LogP contribution in [0.5, 0.6) is 5.75 Å². The molecule has 0 spiro atoms. The minimum atomic E-state index is -0.351. The molecule has 0 aliphatic heterocycles. The van der Waals surface area contributed by atoms with Gasteiger partial charge in [0, 0.05) is 15.0 Å². The summed E-state index contributed by atoms with van der Waals surface area (Å²) in [6, 6.07) is 13.4. The maximum Gasteiger partial charge on any atom is 0.344 e. The summed E-state index contributed by atoms with van der Waals surface area (Å²) in [5.74, 6) is 0.317. The molecule has 0 amide bonds. The standard InChI is InChI=1S/C17H18INO3/c1-13-4-2-5-15(19-13)6-3-11-21-17(20)12-22-16-9-7-14(18)8-10-16/h2,4-5,7-10H,3,6,11-12H2,1H3. The molecule has 0 atom stereocenters. The van der Waals surface area contributed by atoms with E-state index in [4.69, 9.17) is 9.47 Å². The van der Waals surface area contributed by atoms with Crippen molar-refractivity contribution in [1.29, 1.82) is 0 Å². The van der Waals surface area contributed by atoms with Crippen LogP contribution in [0, 0.1) is 10.5 Å². The topological polar surface area (TPSA) is 48.4 Å². The maximum absolute atomic E-state index is 11.6. The first-order valence-electron chi connectivity index (χ1n) is 7.10. The molecule has 2 aromatic rings. The minimum absolute atomic E-state index is 0.0662. The van der Waals surface area contributed by atoms with Crippen LogP contribution < -0.4 is 4.74 Å². The number of nitrogens with zero attached hydrogens (tertiary/aromatic N) is 1. The summed E-state index contributed by atoms with van der Waals surface area (Å²) in [6.45, 7) is 2.28. The summed E-state index contributed by atoms with van der Waals surface area (Å²) in [7, 11) is 0. The maximum atomic E-state index is 11.6. The lowest BCUT2D eigenvalue weighted by Crippen LogP contribution is -2.15. The van der Waals surface area contributed by atoms with Crippen molar-refractivity contribution in [2.45, 2.75) is 19.8 Å². The van der Waals surface area contributed by atoms with Crippen LogP contribution in [0.3, 0.4) is 0 Å². The largest absolute Gasteiger partial charge is 0.482 e. The first kappa shape index (κ1) is 16.7. The third kappa shape index (κ3) is 6.01. The molecule has 116 valence electrons. The van der Waals surface area contributed by atoms with Gasteiger partial charge in [0.25, 0.3) is 0 Å². The van der Waals surface area contributed by atoms with Gasteiger partial charge in [-0.1, -0.05) is 6.07 Å². The van der Waals surface area contributed by atoms with Crippen LogP contribution in [0.1, 0.15) is 17.8 Å². The number of hydrogen-bond acceptors (Lipinski definition) is 4. The molecule has 1 aromatic carbocycles. The zero-order chi connectivity index (χ0) is 15.8. The van der Waals surface area contributed by atoms with E-state index < -0.39 is 0 Å². The normalized spacial score (nSPS) is 10.3. The van der Waals surface area contributed by atoms with Gasteiger partial charge >= 0.3 is 5.97 Å². The molecule has 0 bridgehead atoms. The van der Waals surface area contributed by atoms with Crippen LogP contribution in [-0.4, -0.2) is 24.2 Å². The van der Waals surface area contributed by atoms with E-state index in [1.54, 1.807) is 0 Å². The molecule has 0 saturated carbocycles. The predicted octanol–water partition coefficient (Wildman–Crippen LogP) is 3.55. The predicted molar refractivity (Wildman–Crippen MR) is 92.9 cm³/mol. The number of esters is 1. The molecule has 0 saturated heterocycles. The van der Waals surface area contributed by atoms with Crippen molar-refractivity contribution in [3.63, 3.8) is 0 Å². The Kier molecular flexibility index (Phi) is 6.64. The molecule has 0 radical (unpaired) electrons. The van der Waals surface area contributed by atoms with Crippen molar-refractivity contribution in [1.82, 2.24) is 4.98 Å². The highest BCUT2D eigenvalue weighted by molar-refractivity contribution is 14.1. The highest BCUT2D eigenvalue weighted by atomic mass is 127. The van der Waals surface area contributed by atoms with Crippen LogP contribution in [0.15, 0.2) is 42.5 Å². The Morgan fingerprint density at radius 3 is 2.68 bits per heavy atom. The second-order valence-corrected chi connectivity index (χ2v) is 6.08. The fourth-order valence-corrected chi connectivity index (χ4v) is 2.25. The fourth-order valence-electron chi connectivity index (χ4n) is 1.89. The first-order valence-corrected chi connectivity index (χ1v) is 8.18. The Balaban J connectivity index is 1.62. The number of carbonyl (C=O) groups is 1. The van der Waals surface area contributed by atoms with Gasteiger partial charge in [0.15, 0.2) is 6.61 Å². The lowest BCUT2D eigenvalue weighted by molar-refractivity contribution is -0.146. The Bertz CT molecular complexity index is 614. The van der Waals surface area contributed by atoms with Gasteiger partial charge in [-0.05, 0) is 78.8 Å². The highest BCUT2D eigenvalue weighted by Crippen LogP contribution is 2.13. The zero-order valence-electron chi connectivity index (χ0n) is 12.4. The molecular weight excluding hydrogens is 393 g/mol. The van der Waals surface area contributed by atoms with E-state index in [9.17, 15) is 4.79 Å². The van der Waals surface area contributed by atoms with E-state index >= 15 is 0 Å². The van der Waals surface area contributed by atoms with E-state index in [1.165, 1.54) is 0 Å². The molecule has 0 fully saturated rings. The van der Waals surface area contributed by atoms with E-state index in [0.717, 1.165) is 27.8 Å². The van der Waals surface area contributed by atoms with Crippen LogP contribution in [0.4, 0.5) is 0 Å². The number of rotatable bonds is 7. The molecule has 0 aliphatic rings. The molecule has 2 rings (SSSR count). The first-order chi connectivity index (χ1) is 10.6. The Hall–Kier alpha value is -1.63. The second kappa shape index (κ2) is 8.73. The number of hydrogen-bond donors (Lipinski definition) is 0. The van der Waals surface area contributed by atoms with Gasteiger partial charge in [-0.3, -0.25) is 4.98 Å². The summed E-state index contributed by atoms with van der Waals surface area (Å²) in [6.07, 6.45) is 1.55. The van der Waals surface area contributed by atoms with Gasteiger partial charge in [0.2, 0.25) is 0 Å². The zero-order valence-corrected chi connectivity index (χ0v) is 14.6. The van der Waals surface area contributed by atoms with E-state index in [-0.39, 0.29) is 12.6 Å². The van der Waals surface area contributed by atoms with Gasteiger partial charge in [-0.25, -0.2) is 4.79 Å². The third-order valence-corrected chi connectivity index (χ3v) is 3.68. The van der Waals surface area contributed by atoms with Gasteiger partial charge in [0.05, 0.1) is 6.61 Å². The molecular formula is C17H18INO3. The average molecular weight is 411 g/mol. The second-order valence-electron chi connectivity index (χ2n) is 4.84. The smallest absolute Gasteiger partial charge is 0.344 e. The van der Waals surface area contributed by atoms with E-state index in [0.29, 0.717) is 12.4 Å². The van der Waals surface area contributed by atoms with Crippen molar-refractivity contribution in [3.05, 3.63) is 57.4 Å². The number of aromatic nitrogens is 1. The Labute approximate surface area is 144 Å². The molecule has 22 heavy (non-hydrogen) atoms. The summed E-state index contributed by atoms with van der Waals surface area (Å²) >= 11 is 2.22. The van der Waals surface area contributed by atoms with Crippen molar-refractivity contribution >= 4 is 28.6 Å². The highest BCUT2D eigenvalue weighted by Gasteiger charge is 2.04. The Morgan fingerprint density at radius 2 is 1.95 bits per heavy atom. The van der Waals surface area contributed by atoms with Crippen LogP contribution >= 0.6 is 22.6 Å². The molecule has 4 nitrogen and oxygen atoms in total. The van der Waals surface area contributed by atoms with Gasteiger partial charge < -0.3 is 9.47 Å².